The van der Waals surface area contributed by atoms with Crippen molar-refractivity contribution in [3.05, 3.63) is 29.4 Å². The monoisotopic (exact) mass is 356 g/mol. The molecule has 3 aromatic heterocycles. The highest BCUT2D eigenvalue weighted by molar-refractivity contribution is 6.33. The molecule has 1 aliphatic rings. The summed E-state index contributed by atoms with van der Waals surface area (Å²) < 4.78 is 13.3. The van der Waals surface area contributed by atoms with Gasteiger partial charge in [0.1, 0.15) is 11.7 Å². The van der Waals surface area contributed by atoms with Crippen LogP contribution >= 0.6 is 11.6 Å². The van der Waals surface area contributed by atoms with Crippen molar-refractivity contribution in [1.82, 2.24) is 19.5 Å². The van der Waals surface area contributed by atoms with Gasteiger partial charge in [0, 0.05) is 13.0 Å². The molecule has 1 aliphatic heterocycles. The zero-order valence-corrected chi connectivity index (χ0v) is 14.6. The van der Waals surface area contributed by atoms with Gasteiger partial charge in [-0.25, -0.2) is 15.0 Å². The van der Waals surface area contributed by atoms with Crippen LogP contribution in [0.4, 0.5) is 0 Å². The Morgan fingerprint density at radius 2 is 2.28 bits per heavy atom. The summed E-state index contributed by atoms with van der Waals surface area (Å²) in [6, 6.07) is 3.68. The molecule has 1 atom stereocenters. The topological polar surface area (TPSA) is 66.0 Å². The number of aromatic nitrogens is 4. The van der Waals surface area contributed by atoms with Crippen LogP contribution in [0.2, 0.25) is 5.15 Å². The van der Waals surface area contributed by atoms with Gasteiger partial charge in [0.15, 0.2) is 22.4 Å². The van der Waals surface area contributed by atoms with Crippen LogP contribution in [-0.2, 0) is 4.74 Å². The van der Waals surface area contributed by atoms with E-state index in [0.717, 1.165) is 25.7 Å². The highest BCUT2D eigenvalue weighted by Gasteiger charge is 2.27. The molecule has 128 valence electrons. The molecule has 0 N–H and O–H groups in total. The lowest BCUT2D eigenvalue weighted by molar-refractivity contribution is 0.0603. The average Bonchev–Trinajstić information content (AvgIpc) is 3.34. The maximum absolute atomic E-state index is 6.36. The van der Waals surface area contributed by atoms with Gasteiger partial charge < -0.3 is 9.15 Å². The molecule has 1 saturated heterocycles. The van der Waals surface area contributed by atoms with Crippen LogP contribution in [0.25, 0.3) is 22.7 Å². The molecule has 7 heteroatoms. The van der Waals surface area contributed by atoms with E-state index in [9.17, 15) is 0 Å². The Kier molecular flexibility index (Phi) is 4.43. The van der Waals surface area contributed by atoms with Gasteiger partial charge in [0.2, 0.25) is 5.82 Å². The van der Waals surface area contributed by atoms with E-state index in [2.05, 4.69) is 33.7 Å². The predicted octanol–water partition coefficient (Wildman–Crippen LogP) is 4.20. The van der Waals surface area contributed by atoms with Crippen molar-refractivity contribution >= 4 is 22.8 Å². The number of imidazole rings is 1. The Bertz CT molecular complexity index is 947. The van der Waals surface area contributed by atoms with Crippen LogP contribution in [0.3, 0.4) is 0 Å². The molecule has 0 radical (unpaired) electrons. The van der Waals surface area contributed by atoms with Gasteiger partial charge in [0.05, 0.1) is 6.26 Å². The average molecular weight is 357 g/mol. The fourth-order valence-electron chi connectivity index (χ4n) is 2.88. The SMILES string of the molecule is CCCC#Cc1nc(Cl)c2nc(-c3ccco3)n([C@H]3CCCO3)c2n1. The lowest BCUT2D eigenvalue weighted by Gasteiger charge is -2.14. The van der Waals surface area contributed by atoms with E-state index in [1.54, 1.807) is 6.26 Å². The number of hydrogen-bond acceptors (Lipinski definition) is 5. The van der Waals surface area contributed by atoms with Crippen LogP contribution < -0.4 is 0 Å². The Labute approximate surface area is 150 Å². The normalized spacial score (nSPS) is 17.0. The zero-order valence-electron chi connectivity index (χ0n) is 13.8. The van der Waals surface area contributed by atoms with Gasteiger partial charge in [-0.3, -0.25) is 4.57 Å². The number of halogens is 1. The molecule has 0 spiro atoms. The summed E-state index contributed by atoms with van der Waals surface area (Å²) in [7, 11) is 0. The summed E-state index contributed by atoms with van der Waals surface area (Å²) >= 11 is 6.36. The largest absolute Gasteiger partial charge is 0.461 e. The summed E-state index contributed by atoms with van der Waals surface area (Å²) in [5.41, 5.74) is 1.16. The van der Waals surface area contributed by atoms with Gasteiger partial charge in [-0.05, 0) is 37.3 Å². The zero-order chi connectivity index (χ0) is 17.2. The molecule has 0 aromatic carbocycles. The molecule has 25 heavy (non-hydrogen) atoms. The van der Waals surface area contributed by atoms with Crippen molar-refractivity contribution in [1.29, 1.82) is 0 Å². The van der Waals surface area contributed by atoms with Gasteiger partial charge in [-0.1, -0.05) is 24.4 Å². The summed E-state index contributed by atoms with van der Waals surface area (Å²) in [6.07, 6.45) is 5.12. The van der Waals surface area contributed by atoms with E-state index < -0.39 is 0 Å². The summed E-state index contributed by atoms with van der Waals surface area (Å²) in [5.74, 6) is 7.71. The van der Waals surface area contributed by atoms with E-state index in [1.165, 1.54) is 0 Å². The fraction of sp³-hybridized carbons (Fsp3) is 0.389. The highest BCUT2D eigenvalue weighted by atomic mass is 35.5. The smallest absolute Gasteiger partial charge is 0.208 e. The lowest BCUT2D eigenvalue weighted by atomic mass is 10.3. The first kappa shape index (κ1) is 16.1. The van der Waals surface area contributed by atoms with Gasteiger partial charge in [-0.15, -0.1) is 0 Å². The fourth-order valence-corrected chi connectivity index (χ4v) is 3.09. The number of fused-ring (bicyclic) bond motifs is 1. The van der Waals surface area contributed by atoms with Gasteiger partial charge in [-0.2, -0.15) is 0 Å². The summed E-state index contributed by atoms with van der Waals surface area (Å²) in [6.45, 7) is 2.79. The molecule has 4 heterocycles. The lowest BCUT2D eigenvalue weighted by Crippen LogP contribution is -2.10. The van der Waals surface area contributed by atoms with Crippen molar-refractivity contribution in [2.45, 2.75) is 38.8 Å². The van der Waals surface area contributed by atoms with E-state index in [4.69, 9.17) is 20.8 Å². The van der Waals surface area contributed by atoms with Crippen LogP contribution in [0.5, 0.6) is 0 Å². The Hall–Kier alpha value is -2.36. The van der Waals surface area contributed by atoms with E-state index in [1.807, 2.05) is 16.7 Å². The number of ether oxygens (including phenoxy) is 1. The van der Waals surface area contributed by atoms with E-state index in [-0.39, 0.29) is 11.4 Å². The minimum absolute atomic E-state index is 0.146. The van der Waals surface area contributed by atoms with Crippen molar-refractivity contribution in [2.75, 3.05) is 6.61 Å². The maximum atomic E-state index is 6.36. The second kappa shape index (κ2) is 6.87. The Morgan fingerprint density at radius 3 is 3.00 bits per heavy atom. The minimum atomic E-state index is -0.146. The first-order valence-electron chi connectivity index (χ1n) is 8.37. The second-order valence-corrected chi connectivity index (χ2v) is 6.17. The van der Waals surface area contributed by atoms with Crippen LogP contribution in [0, 0.1) is 11.8 Å². The number of nitrogens with zero attached hydrogens (tertiary/aromatic N) is 4. The quantitative estimate of drug-likeness (QED) is 0.519. The van der Waals surface area contributed by atoms with Gasteiger partial charge in [0.25, 0.3) is 0 Å². The summed E-state index contributed by atoms with van der Waals surface area (Å²) in [4.78, 5) is 13.5. The molecule has 3 aromatic rings. The van der Waals surface area contributed by atoms with Crippen LogP contribution in [-0.4, -0.2) is 26.1 Å². The van der Waals surface area contributed by atoms with Crippen molar-refractivity contribution in [3.63, 3.8) is 0 Å². The molecular weight excluding hydrogens is 340 g/mol. The molecule has 0 unspecified atom stereocenters. The van der Waals surface area contributed by atoms with Crippen molar-refractivity contribution < 1.29 is 9.15 Å². The number of furan rings is 1. The van der Waals surface area contributed by atoms with E-state index in [0.29, 0.717) is 35.2 Å². The van der Waals surface area contributed by atoms with Crippen LogP contribution in [0.15, 0.2) is 22.8 Å². The predicted molar refractivity (Wildman–Crippen MR) is 94.0 cm³/mol. The number of unbranched alkanes of at least 4 members (excludes halogenated alkanes) is 1. The first-order chi connectivity index (χ1) is 12.3. The standard InChI is InChI=1S/C18H17ClN4O2/c1-2-3-4-8-13-20-16(19)15-18(21-13)23(14-9-6-11-25-14)17(22-15)12-7-5-10-24-12/h5,7,10,14H,2-3,6,9,11H2,1H3/t14-/m1/s1. The number of rotatable bonds is 3. The Balaban J connectivity index is 1.92. The van der Waals surface area contributed by atoms with E-state index >= 15 is 0 Å². The molecule has 0 aliphatic carbocycles. The molecule has 6 nitrogen and oxygen atoms in total. The maximum Gasteiger partial charge on any atom is 0.208 e. The van der Waals surface area contributed by atoms with Crippen molar-refractivity contribution in [2.24, 2.45) is 0 Å². The molecule has 0 bridgehead atoms. The number of hydrogen-bond donors (Lipinski definition) is 0. The van der Waals surface area contributed by atoms with Crippen molar-refractivity contribution in [3.8, 4) is 23.4 Å². The first-order valence-corrected chi connectivity index (χ1v) is 8.75. The Morgan fingerprint density at radius 1 is 1.36 bits per heavy atom. The third kappa shape index (κ3) is 3.01. The van der Waals surface area contributed by atoms with Gasteiger partial charge >= 0.3 is 0 Å². The third-order valence-electron chi connectivity index (χ3n) is 4.01. The van der Waals surface area contributed by atoms with Crippen LogP contribution in [0.1, 0.15) is 44.7 Å². The minimum Gasteiger partial charge on any atom is -0.461 e. The molecule has 1 fully saturated rings. The highest BCUT2D eigenvalue weighted by Crippen LogP contribution is 2.34. The second-order valence-electron chi connectivity index (χ2n) is 5.81. The molecule has 4 rings (SSSR count). The molecule has 0 amide bonds. The molecule has 0 saturated carbocycles. The summed E-state index contributed by atoms with van der Waals surface area (Å²) in [5, 5.41) is 0.287. The molecular formula is C18H17ClN4O2. The third-order valence-corrected chi connectivity index (χ3v) is 4.27.